The van der Waals surface area contributed by atoms with Crippen molar-refractivity contribution in [1.82, 2.24) is 20.4 Å². The molecule has 1 fully saturated rings. The van der Waals surface area contributed by atoms with Gasteiger partial charge in [-0.1, -0.05) is 0 Å². The smallest absolute Gasteiger partial charge is 0.309 e. The highest BCUT2D eigenvalue weighted by Gasteiger charge is 2.22. The predicted molar refractivity (Wildman–Crippen MR) is 92.4 cm³/mol. The van der Waals surface area contributed by atoms with Crippen LogP contribution in [0.3, 0.4) is 0 Å². The highest BCUT2D eigenvalue weighted by atomic mass is 16.5. The van der Waals surface area contributed by atoms with E-state index < -0.39 is 11.8 Å². The maximum Gasteiger partial charge on any atom is 0.309 e. The third-order valence-electron chi connectivity index (χ3n) is 4.14. The van der Waals surface area contributed by atoms with Crippen molar-refractivity contribution in [2.24, 2.45) is 0 Å². The molecule has 0 saturated carbocycles. The van der Waals surface area contributed by atoms with Crippen LogP contribution in [0, 0.1) is 0 Å². The first-order valence-electron chi connectivity index (χ1n) is 8.20. The van der Waals surface area contributed by atoms with Gasteiger partial charge in [0.15, 0.2) is 0 Å². The van der Waals surface area contributed by atoms with Crippen LogP contribution in [0.4, 0.5) is 0 Å². The highest BCUT2D eigenvalue weighted by molar-refractivity contribution is 6.34. The summed E-state index contributed by atoms with van der Waals surface area (Å²) in [7, 11) is 3.01. The van der Waals surface area contributed by atoms with Gasteiger partial charge in [0, 0.05) is 51.9 Å². The number of nitrogens with zero attached hydrogens (tertiary/aromatic N) is 2. The van der Waals surface area contributed by atoms with E-state index in [0.29, 0.717) is 31.7 Å². The van der Waals surface area contributed by atoms with Crippen molar-refractivity contribution in [2.45, 2.75) is 0 Å². The van der Waals surface area contributed by atoms with E-state index in [0.717, 1.165) is 18.8 Å². The number of ether oxygens (including phenoxy) is 1. The number of amides is 3. The summed E-state index contributed by atoms with van der Waals surface area (Å²) in [6.45, 7) is 3.78. The standard InChI is InChI=1S/C17H24N4O4/c1-18-15(22)16(23)19-7-8-20-9-11-21(12-10-20)17(24)13-3-5-14(25-2)6-4-13/h3-6H,7-12H2,1-2H3,(H,18,22)(H,19,23). The lowest BCUT2D eigenvalue weighted by molar-refractivity contribution is -0.138. The number of carbonyl (C=O) groups is 3. The fraction of sp³-hybridized carbons (Fsp3) is 0.471. The summed E-state index contributed by atoms with van der Waals surface area (Å²) in [5, 5.41) is 4.84. The zero-order valence-corrected chi connectivity index (χ0v) is 14.6. The van der Waals surface area contributed by atoms with Gasteiger partial charge in [-0.05, 0) is 24.3 Å². The van der Waals surface area contributed by atoms with E-state index in [-0.39, 0.29) is 5.91 Å². The van der Waals surface area contributed by atoms with E-state index in [1.54, 1.807) is 31.4 Å². The Morgan fingerprint density at radius 3 is 2.24 bits per heavy atom. The average molecular weight is 348 g/mol. The molecule has 1 heterocycles. The molecule has 2 N–H and O–H groups in total. The Bertz CT molecular complexity index is 610. The molecule has 1 aliphatic heterocycles. The van der Waals surface area contributed by atoms with E-state index in [9.17, 15) is 14.4 Å². The molecule has 3 amide bonds. The average Bonchev–Trinajstić information content (AvgIpc) is 2.67. The van der Waals surface area contributed by atoms with Gasteiger partial charge in [0.1, 0.15) is 5.75 Å². The number of carbonyl (C=O) groups excluding carboxylic acids is 3. The third-order valence-corrected chi connectivity index (χ3v) is 4.14. The van der Waals surface area contributed by atoms with Gasteiger partial charge in [-0.3, -0.25) is 19.3 Å². The summed E-state index contributed by atoms with van der Waals surface area (Å²) in [5.74, 6) is -0.541. The van der Waals surface area contributed by atoms with Gasteiger partial charge in [-0.2, -0.15) is 0 Å². The number of likely N-dealkylation sites (N-methyl/N-ethyl adjacent to an activating group) is 1. The van der Waals surface area contributed by atoms with Crippen molar-refractivity contribution >= 4 is 17.7 Å². The van der Waals surface area contributed by atoms with Crippen LogP contribution in [-0.4, -0.2) is 80.9 Å². The lowest BCUT2D eigenvalue weighted by Gasteiger charge is -2.34. The Morgan fingerprint density at radius 2 is 1.68 bits per heavy atom. The maximum atomic E-state index is 12.5. The molecule has 0 aliphatic carbocycles. The van der Waals surface area contributed by atoms with Crippen molar-refractivity contribution in [3.8, 4) is 5.75 Å². The van der Waals surface area contributed by atoms with Crippen molar-refractivity contribution in [3.05, 3.63) is 29.8 Å². The summed E-state index contributed by atoms with van der Waals surface area (Å²) in [6.07, 6.45) is 0. The Morgan fingerprint density at radius 1 is 1.04 bits per heavy atom. The van der Waals surface area contributed by atoms with E-state index in [1.807, 2.05) is 4.90 Å². The SMILES string of the molecule is CNC(=O)C(=O)NCCN1CCN(C(=O)c2ccc(OC)cc2)CC1. The van der Waals surface area contributed by atoms with Gasteiger partial charge in [-0.25, -0.2) is 0 Å². The molecule has 1 aromatic rings. The molecule has 0 spiro atoms. The molecule has 2 rings (SSSR count). The number of benzene rings is 1. The van der Waals surface area contributed by atoms with Crippen LogP contribution in [0.1, 0.15) is 10.4 Å². The molecule has 1 saturated heterocycles. The quantitative estimate of drug-likeness (QED) is 0.688. The minimum Gasteiger partial charge on any atom is -0.497 e. The highest BCUT2D eigenvalue weighted by Crippen LogP contribution is 2.14. The van der Waals surface area contributed by atoms with Crippen LogP contribution in [0.25, 0.3) is 0 Å². The van der Waals surface area contributed by atoms with Crippen molar-refractivity contribution in [1.29, 1.82) is 0 Å². The monoisotopic (exact) mass is 348 g/mol. The number of piperazine rings is 1. The number of nitrogens with one attached hydrogen (secondary N) is 2. The van der Waals surface area contributed by atoms with E-state index in [4.69, 9.17) is 4.74 Å². The van der Waals surface area contributed by atoms with E-state index >= 15 is 0 Å². The molecule has 0 aromatic heterocycles. The zero-order valence-electron chi connectivity index (χ0n) is 14.6. The van der Waals surface area contributed by atoms with Gasteiger partial charge < -0.3 is 20.3 Å². The predicted octanol–water partition coefficient (Wildman–Crippen LogP) is -0.685. The normalized spacial score (nSPS) is 14.7. The van der Waals surface area contributed by atoms with E-state index in [1.165, 1.54) is 7.05 Å². The topological polar surface area (TPSA) is 91.0 Å². The summed E-state index contributed by atoms with van der Waals surface area (Å²) in [5.41, 5.74) is 0.645. The van der Waals surface area contributed by atoms with E-state index in [2.05, 4.69) is 15.5 Å². The molecule has 25 heavy (non-hydrogen) atoms. The molecule has 8 nitrogen and oxygen atoms in total. The van der Waals surface area contributed by atoms with Crippen LogP contribution in [0.5, 0.6) is 5.75 Å². The number of rotatable bonds is 5. The number of hydrogen-bond donors (Lipinski definition) is 2. The second-order valence-electron chi connectivity index (χ2n) is 5.70. The van der Waals surface area contributed by atoms with Crippen molar-refractivity contribution < 1.29 is 19.1 Å². The number of hydrogen-bond acceptors (Lipinski definition) is 5. The van der Waals surface area contributed by atoms with Crippen LogP contribution < -0.4 is 15.4 Å². The summed E-state index contributed by atoms with van der Waals surface area (Å²) in [6, 6.07) is 7.08. The van der Waals surface area contributed by atoms with Gasteiger partial charge in [0.05, 0.1) is 7.11 Å². The Labute approximate surface area is 147 Å². The van der Waals surface area contributed by atoms with Crippen LogP contribution >= 0.6 is 0 Å². The van der Waals surface area contributed by atoms with Crippen molar-refractivity contribution in [2.75, 3.05) is 53.4 Å². The first kappa shape index (κ1) is 18.7. The van der Waals surface area contributed by atoms with Gasteiger partial charge in [-0.15, -0.1) is 0 Å². The maximum absolute atomic E-state index is 12.5. The molecular formula is C17H24N4O4. The van der Waals surface area contributed by atoms with Gasteiger partial charge in [0.25, 0.3) is 5.91 Å². The summed E-state index contributed by atoms with van der Waals surface area (Å²) < 4.78 is 5.10. The second-order valence-corrected chi connectivity index (χ2v) is 5.70. The first-order valence-corrected chi connectivity index (χ1v) is 8.20. The minimum atomic E-state index is -0.644. The molecule has 1 aliphatic rings. The Balaban J connectivity index is 1.74. The lowest BCUT2D eigenvalue weighted by Crippen LogP contribution is -2.50. The molecule has 8 heteroatoms. The van der Waals surface area contributed by atoms with Gasteiger partial charge >= 0.3 is 11.8 Å². The summed E-state index contributed by atoms with van der Waals surface area (Å²) in [4.78, 5) is 38.9. The largest absolute Gasteiger partial charge is 0.497 e. The fourth-order valence-corrected chi connectivity index (χ4v) is 2.61. The molecule has 1 aromatic carbocycles. The molecular weight excluding hydrogens is 324 g/mol. The Kier molecular flexibility index (Phi) is 6.76. The van der Waals surface area contributed by atoms with Crippen LogP contribution in [-0.2, 0) is 9.59 Å². The fourth-order valence-electron chi connectivity index (χ4n) is 2.61. The van der Waals surface area contributed by atoms with Crippen molar-refractivity contribution in [3.63, 3.8) is 0 Å². The van der Waals surface area contributed by atoms with Crippen LogP contribution in [0.2, 0.25) is 0 Å². The number of methoxy groups -OCH3 is 1. The second kappa shape index (κ2) is 9.03. The molecule has 0 radical (unpaired) electrons. The zero-order chi connectivity index (χ0) is 18.2. The molecule has 136 valence electrons. The molecule has 0 unspecified atom stereocenters. The van der Waals surface area contributed by atoms with Crippen LogP contribution in [0.15, 0.2) is 24.3 Å². The lowest BCUT2D eigenvalue weighted by atomic mass is 10.1. The minimum absolute atomic E-state index is 0.00947. The molecule has 0 bridgehead atoms. The molecule has 0 atom stereocenters. The third kappa shape index (κ3) is 5.18. The first-order chi connectivity index (χ1) is 12.0. The Hall–Kier alpha value is -2.61. The van der Waals surface area contributed by atoms with Gasteiger partial charge in [0.2, 0.25) is 0 Å². The summed E-state index contributed by atoms with van der Waals surface area (Å²) >= 11 is 0.